The van der Waals surface area contributed by atoms with Crippen LogP contribution >= 0.6 is 0 Å². The summed E-state index contributed by atoms with van der Waals surface area (Å²) in [6.45, 7) is 2.10. The maximum Gasteiger partial charge on any atom is 0.309 e. The number of methoxy groups -OCH3 is 1. The zero-order valence-electron chi connectivity index (χ0n) is 11.4. The summed E-state index contributed by atoms with van der Waals surface area (Å²) < 4.78 is 4.63. The van der Waals surface area contributed by atoms with Gasteiger partial charge in [-0.3, -0.25) is 9.59 Å². The molecule has 0 bridgehead atoms. The van der Waals surface area contributed by atoms with Crippen LogP contribution in [0.4, 0.5) is 0 Å². The Bertz CT molecular complexity index is 429. The van der Waals surface area contributed by atoms with Crippen molar-refractivity contribution < 1.29 is 14.3 Å². The number of amides is 1. The third-order valence-corrected chi connectivity index (χ3v) is 4.21. The van der Waals surface area contributed by atoms with Gasteiger partial charge in [0.25, 0.3) is 0 Å². The lowest BCUT2D eigenvalue weighted by molar-refractivity contribution is -0.143. The maximum atomic E-state index is 12.1. The molecule has 0 spiro atoms. The highest BCUT2D eigenvalue weighted by Gasteiger charge is 2.51. The number of nitrogens with zero attached hydrogens (tertiary/aromatic N) is 1. The second kappa shape index (κ2) is 5.20. The van der Waals surface area contributed by atoms with Gasteiger partial charge in [-0.1, -0.05) is 13.3 Å². The monoisotopic (exact) mass is 264 g/mol. The minimum atomic E-state index is -0.738. The van der Waals surface area contributed by atoms with Crippen LogP contribution in [0.25, 0.3) is 0 Å². The molecule has 1 amide bonds. The number of hydrogen-bond donors (Lipinski definition) is 1. The van der Waals surface area contributed by atoms with Crippen LogP contribution in [0.3, 0.4) is 0 Å². The van der Waals surface area contributed by atoms with Gasteiger partial charge >= 0.3 is 5.97 Å². The van der Waals surface area contributed by atoms with Gasteiger partial charge in [-0.25, -0.2) is 0 Å². The average molecular weight is 264 g/mol. The van der Waals surface area contributed by atoms with Crippen LogP contribution in [-0.4, -0.2) is 24.5 Å². The molecule has 2 aliphatic carbocycles. The number of carbonyl (C=O) groups is 2. The Labute approximate surface area is 113 Å². The molecule has 0 aromatic carbocycles. The molecule has 104 valence electrons. The van der Waals surface area contributed by atoms with E-state index in [1.807, 2.05) is 0 Å². The predicted octanol–water partition coefficient (Wildman–Crippen LogP) is 1.38. The largest absolute Gasteiger partial charge is 0.469 e. The Morgan fingerprint density at radius 3 is 2.74 bits per heavy atom. The molecular formula is C14H20N2O3. The van der Waals surface area contributed by atoms with E-state index in [9.17, 15) is 14.9 Å². The predicted molar refractivity (Wildman–Crippen MR) is 67.7 cm³/mol. The molecule has 0 saturated heterocycles. The third-order valence-electron chi connectivity index (χ3n) is 4.21. The summed E-state index contributed by atoms with van der Waals surface area (Å²) in [5, 5.41) is 12.3. The topological polar surface area (TPSA) is 79.2 Å². The van der Waals surface area contributed by atoms with Crippen molar-refractivity contribution in [2.45, 2.75) is 44.6 Å². The molecule has 0 unspecified atom stereocenters. The average Bonchev–Trinajstić information content (AvgIpc) is 3.18. The highest BCUT2D eigenvalue weighted by Crippen LogP contribution is 2.41. The summed E-state index contributed by atoms with van der Waals surface area (Å²) in [7, 11) is 1.33. The van der Waals surface area contributed by atoms with Crippen LogP contribution < -0.4 is 5.32 Å². The zero-order valence-corrected chi connectivity index (χ0v) is 11.4. The van der Waals surface area contributed by atoms with Crippen LogP contribution in [0.15, 0.2) is 0 Å². The Balaban J connectivity index is 1.95. The number of nitrogens with one attached hydrogen (secondary N) is 1. The molecular weight excluding hydrogens is 244 g/mol. The molecule has 0 radical (unpaired) electrons. The van der Waals surface area contributed by atoms with Crippen molar-refractivity contribution in [2.75, 3.05) is 7.11 Å². The standard InChI is InChI=1S/C14H20N2O3/c1-9-4-3-5-14(7-9,8-15)16-12(17)10-6-11(10)13(18)19-2/h9-11H,3-7H2,1-2H3,(H,16,17)/t9-,10+,11-,14+/m0/s1. The number of rotatable bonds is 3. The summed E-state index contributed by atoms with van der Waals surface area (Å²) in [6.07, 6.45) is 4.00. The van der Waals surface area contributed by atoms with Gasteiger partial charge in [-0.15, -0.1) is 0 Å². The summed E-state index contributed by atoms with van der Waals surface area (Å²) in [4.78, 5) is 23.4. The van der Waals surface area contributed by atoms with Crippen LogP contribution in [0.2, 0.25) is 0 Å². The number of ether oxygens (including phenoxy) is 1. The third kappa shape index (κ3) is 2.89. The van der Waals surface area contributed by atoms with Crippen molar-refractivity contribution in [1.29, 1.82) is 5.26 Å². The molecule has 2 fully saturated rings. The first-order chi connectivity index (χ1) is 9.01. The van der Waals surface area contributed by atoms with Crippen LogP contribution in [0, 0.1) is 29.1 Å². The second-order valence-corrected chi connectivity index (χ2v) is 5.86. The highest BCUT2D eigenvalue weighted by molar-refractivity contribution is 5.90. The zero-order chi connectivity index (χ0) is 14.0. The van der Waals surface area contributed by atoms with E-state index in [4.69, 9.17) is 0 Å². The quantitative estimate of drug-likeness (QED) is 0.781. The molecule has 19 heavy (non-hydrogen) atoms. The number of hydrogen-bond acceptors (Lipinski definition) is 4. The molecule has 2 aliphatic rings. The summed E-state index contributed by atoms with van der Waals surface area (Å²) >= 11 is 0. The Morgan fingerprint density at radius 2 is 2.16 bits per heavy atom. The van der Waals surface area contributed by atoms with Crippen LogP contribution in [0.5, 0.6) is 0 Å². The first kappa shape index (κ1) is 13.9. The lowest BCUT2D eigenvalue weighted by atomic mass is 9.77. The molecule has 2 rings (SSSR count). The fraction of sp³-hybridized carbons (Fsp3) is 0.786. The molecule has 0 aliphatic heterocycles. The van der Waals surface area contributed by atoms with Gasteiger partial charge in [0, 0.05) is 0 Å². The SMILES string of the molecule is COC(=O)[C@H]1C[C@H]1C(=O)N[C@]1(C#N)CCC[C@H](C)C1. The minimum absolute atomic E-state index is 0.175. The van der Waals surface area contributed by atoms with Gasteiger partial charge in [0.05, 0.1) is 25.0 Å². The first-order valence-electron chi connectivity index (χ1n) is 6.82. The summed E-state index contributed by atoms with van der Waals surface area (Å²) in [5.74, 6) is -0.685. The number of nitriles is 1. The van der Waals surface area contributed by atoms with Gasteiger partial charge in [-0.05, 0) is 31.6 Å². The molecule has 1 N–H and O–H groups in total. The van der Waals surface area contributed by atoms with Gasteiger partial charge in [0.2, 0.25) is 5.91 Å². The first-order valence-corrected chi connectivity index (χ1v) is 6.82. The lowest BCUT2D eigenvalue weighted by Crippen LogP contribution is -2.50. The molecule has 0 aromatic heterocycles. The maximum absolute atomic E-state index is 12.1. The Morgan fingerprint density at radius 1 is 1.42 bits per heavy atom. The van der Waals surface area contributed by atoms with Crippen molar-refractivity contribution in [2.24, 2.45) is 17.8 Å². The molecule has 0 heterocycles. The molecule has 4 atom stereocenters. The Hall–Kier alpha value is -1.57. The van der Waals surface area contributed by atoms with E-state index in [0.717, 1.165) is 12.8 Å². The van der Waals surface area contributed by atoms with Gasteiger partial charge in [0.15, 0.2) is 0 Å². The Kier molecular flexibility index (Phi) is 3.79. The normalized spacial score (nSPS) is 37.0. The van der Waals surface area contributed by atoms with Gasteiger partial charge in [0.1, 0.15) is 5.54 Å². The van der Waals surface area contributed by atoms with Crippen molar-refractivity contribution in [3.63, 3.8) is 0 Å². The van der Waals surface area contributed by atoms with E-state index in [2.05, 4.69) is 23.0 Å². The molecule has 5 nitrogen and oxygen atoms in total. The van der Waals surface area contributed by atoms with Crippen molar-refractivity contribution in [3.8, 4) is 6.07 Å². The van der Waals surface area contributed by atoms with Crippen molar-refractivity contribution >= 4 is 11.9 Å². The minimum Gasteiger partial charge on any atom is -0.469 e. The van der Waals surface area contributed by atoms with E-state index < -0.39 is 5.54 Å². The lowest BCUT2D eigenvalue weighted by Gasteiger charge is -2.35. The molecule has 5 heteroatoms. The van der Waals surface area contributed by atoms with Crippen LogP contribution in [-0.2, 0) is 14.3 Å². The van der Waals surface area contributed by atoms with E-state index in [-0.39, 0.29) is 23.7 Å². The molecule has 0 aromatic rings. The van der Waals surface area contributed by atoms with Crippen molar-refractivity contribution in [1.82, 2.24) is 5.32 Å². The summed E-state index contributed by atoms with van der Waals surface area (Å²) in [5.41, 5.74) is -0.738. The van der Waals surface area contributed by atoms with E-state index >= 15 is 0 Å². The highest BCUT2D eigenvalue weighted by atomic mass is 16.5. The van der Waals surface area contributed by atoms with E-state index in [1.165, 1.54) is 7.11 Å². The van der Waals surface area contributed by atoms with Gasteiger partial charge in [-0.2, -0.15) is 5.26 Å². The number of esters is 1. The number of carbonyl (C=O) groups excluding carboxylic acids is 2. The smallest absolute Gasteiger partial charge is 0.309 e. The van der Waals surface area contributed by atoms with Gasteiger partial charge < -0.3 is 10.1 Å². The molecule has 2 saturated carbocycles. The van der Waals surface area contributed by atoms with E-state index in [1.54, 1.807) is 0 Å². The second-order valence-electron chi connectivity index (χ2n) is 5.86. The fourth-order valence-corrected chi connectivity index (χ4v) is 3.02. The van der Waals surface area contributed by atoms with Crippen LogP contribution in [0.1, 0.15) is 39.0 Å². The summed E-state index contributed by atoms with van der Waals surface area (Å²) in [6, 6.07) is 2.27. The van der Waals surface area contributed by atoms with E-state index in [0.29, 0.717) is 25.2 Å². The fourth-order valence-electron chi connectivity index (χ4n) is 3.02. The van der Waals surface area contributed by atoms with Crippen molar-refractivity contribution in [3.05, 3.63) is 0 Å².